The molecule has 28 heavy (non-hydrogen) atoms. The Morgan fingerprint density at radius 2 is 1.04 bits per heavy atom. The molecular weight excluding hydrogens is 407 g/mol. The summed E-state index contributed by atoms with van der Waals surface area (Å²) in [5.74, 6) is 0. The molecule has 0 aromatic heterocycles. The van der Waals surface area contributed by atoms with Gasteiger partial charge in [0.1, 0.15) is 24.4 Å². The summed E-state index contributed by atoms with van der Waals surface area (Å²) in [7, 11) is 0. The van der Waals surface area contributed by atoms with E-state index in [4.69, 9.17) is 42.1 Å². The van der Waals surface area contributed by atoms with E-state index < -0.39 is 37.0 Å². The molecule has 6 nitrogen and oxygen atoms in total. The molecule has 0 saturated carbocycles. The number of benzene rings is 2. The van der Waals surface area contributed by atoms with Crippen LogP contribution in [0.25, 0.3) is 0 Å². The van der Waals surface area contributed by atoms with E-state index in [1.54, 1.807) is 48.5 Å². The van der Waals surface area contributed by atoms with Crippen molar-refractivity contribution in [3.63, 3.8) is 0 Å². The first-order valence-electron chi connectivity index (χ1n) is 8.92. The fourth-order valence-corrected chi connectivity index (χ4v) is 3.48. The maximum atomic E-state index is 10.6. The van der Waals surface area contributed by atoms with Gasteiger partial charge in [0.15, 0.2) is 12.6 Å². The van der Waals surface area contributed by atoms with Crippen molar-refractivity contribution in [3.8, 4) is 0 Å². The molecule has 6 atom stereocenters. The van der Waals surface area contributed by atoms with Crippen molar-refractivity contribution < 1.29 is 29.2 Å². The first-order valence-corrected chi connectivity index (χ1v) is 9.68. The molecule has 4 rings (SSSR count). The topological polar surface area (TPSA) is 77.4 Å². The van der Waals surface area contributed by atoms with Gasteiger partial charge in [-0.2, -0.15) is 0 Å². The van der Waals surface area contributed by atoms with E-state index in [-0.39, 0.29) is 13.2 Å². The highest BCUT2D eigenvalue weighted by Crippen LogP contribution is 2.33. The number of ether oxygens (including phenoxy) is 4. The van der Waals surface area contributed by atoms with E-state index in [0.29, 0.717) is 10.0 Å². The summed E-state index contributed by atoms with van der Waals surface area (Å²) < 4.78 is 22.7. The zero-order valence-electron chi connectivity index (χ0n) is 14.8. The molecule has 8 heteroatoms. The molecule has 2 fully saturated rings. The van der Waals surface area contributed by atoms with Gasteiger partial charge in [0.05, 0.1) is 13.2 Å². The van der Waals surface area contributed by atoms with Crippen molar-refractivity contribution in [2.45, 2.75) is 37.0 Å². The Morgan fingerprint density at radius 1 is 0.679 bits per heavy atom. The first-order chi connectivity index (χ1) is 13.5. The molecule has 2 saturated heterocycles. The van der Waals surface area contributed by atoms with Crippen LogP contribution in [0.3, 0.4) is 0 Å². The Kier molecular flexibility index (Phi) is 6.20. The zero-order chi connectivity index (χ0) is 19.7. The Hall–Kier alpha value is -1.22. The van der Waals surface area contributed by atoms with Crippen molar-refractivity contribution in [3.05, 3.63) is 69.7 Å². The molecule has 0 amide bonds. The van der Waals surface area contributed by atoms with Crippen LogP contribution in [-0.2, 0) is 18.9 Å². The summed E-state index contributed by atoms with van der Waals surface area (Å²) in [6.07, 6.45) is -4.98. The van der Waals surface area contributed by atoms with Crippen LogP contribution in [0, 0.1) is 0 Å². The molecule has 150 valence electrons. The zero-order valence-corrected chi connectivity index (χ0v) is 16.3. The number of rotatable bonds is 5. The molecule has 2 aliphatic heterocycles. The molecule has 2 N–H and O–H groups in total. The number of aliphatic hydroxyl groups excluding tert-OH is 2. The van der Waals surface area contributed by atoms with Crippen molar-refractivity contribution in [1.29, 1.82) is 0 Å². The minimum atomic E-state index is -1.19. The SMILES string of the molecule is O[C@H]([C@@H](O)[C@H]1COC(c2ccc(Cl)cc2)O1)[C@@H]1COC(c2ccc(Cl)cc2)O1. The molecule has 2 aromatic carbocycles. The predicted octanol–water partition coefficient (Wildman–Crippen LogP) is 3.24. The van der Waals surface area contributed by atoms with E-state index in [9.17, 15) is 10.2 Å². The van der Waals surface area contributed by atoms with Gasteiger partial charge in [0, 0.05) is 21.2 Å². The molecule has 2 heterocycles. The van der Waals surface area contributed by atoms with E-state index in [1.165, 1.54) is 0 Å². The number of aliphatic hydroxyl groups is 2. The van der Waals surface area contributed by atoms with E-state index in [2.05, 4.69) is 0 Å². The monoisotopic (exact) mass is 426 g/mol. The molecule has 0 spiro atoms. The lowest BCUT2D eigenvalue weighted by Crippen LogP contribution is -2.46. The van der Waals surface area contributed by atoms with Gasteiger partial charge in [-0.15, -0.1) is 0 Å². The van der Waals surface area contributed by atoms with Gasteiger partial charge in [-0.3, -0.25) is 0 Å². The quantitative estimate of drug-likeness (QED) is 0.763. The Bertz CT molecular complexity index is 717. The van der Waals surface area contributed by atoms with E-state index >= 15 is 0 Å². The molecule has 2 aromatic rings. The highest BCUT2D eigenvalue weighted by molar-refractivity contribution is 6.30. The third-order valence-electron chi connectivity index (χ3n) is 4.82. The average molecular weight is 427 g/mol. The highest BCUT2D eigenvalue weighted by Gasteiger charge is 2.42. The lowest BCUT2D eigenvalue weighted by molar-refractivity contribution is -0.141. The van der Waals surface area contributed by atoms with Crippen LogP contribution in [0.1, 0.15) is 23.7 Å². The van der Waals surface area contributed by atoms with Gasteiger partial charge in [0.25, 0.3) is 0 Å². The van der Waals surface area contributed by atoms with Crippen LogP contribution >= 0.6 is 23.2 Å². The van der Waals surface area contributed by atoms with Crippen LogP contribution in [0.2, 0.25) is 10.0 Å². The van der Waals surface area contributed by atoms with Crippen LogP contribution in [0.15, 0.2) is 48.5 Å². The molecule has 2 aliphatic rings. The lowest BCUT2D eigenvalue weighted by Gasteiger charge is -2.25. The van der Waals surface area contributed by atoms with Gasteiger partial charge in [-0.05, 0) is 24.3 Å². The third-order valence-corrected chi connectivity index (χ3v) is 5.32. The standard InChI is InChI=1S/C20H20Cl2O6/c21-13-5-1-11(2-6-13)19-25-9-15(27-19)17(23)18(24)16-10-26-20(28-16)12-3-7-14(22)8-4-12/h1-8,15-20,23-24H,9-10H2/t15-,16+,17-,18-,19?,20?/m0/s1. The second-order valence-corrected chi connectivity index (χ2v) is 7.64. The van der Waals surface area contributed by atoms with Gasteiger partial charge in [-0.25, -0.2) is 0 Å². The Labute approximate surface area is 172 Å². The highest BCUT2D eigenvalue weighted by atomic mass is 35.5. The summed E-state index contributed by atoms with van der Waals surface area (Å²) in [6.45, 7) is 0.305. The smallest absolute Gasteiger partial charge is 0.184 e. The predicted molar refractivity (Wildman–Crippen MR) is 102 cm³/mol. The summed E-state index contributed by atoms with van der Waals surface area (Å²) in [6, 6.07) is 14.1. The number of hydrogen-bond donors (Lipinski definition) is 2. The second kappa shape index (κ2) is 8.65. The van der Waals surface area contributed by atoms with Gasteiger partial charge >= 0.3 is 0 Å². The van der Waals surface area contributed by atoms with Crippen molar-refractivity contribution in [1.82, 2.24) is 0 Å². The first kappa shape index (κ1) is 20.1. The van der Waals surface area contributed by atoms with Gasteiger partial charge < -0.3 is 29.2 Å². The lowest BCUT2D eigenvalue weighted by atomic mass is 10.0. The Morgan fingerprint density at radius 3 is 1.39 bits per heavy atom. The maximum absolute atomic E-state index is 10.6. The number of hydrogen-bond acceptors (Lipinski definition) is 6. The van der Waals surface area contributed by atoms with Crippen LogP contribution in [0.4, 0.5) is 0 Å². The maximum Gasteiger partial charge on any atom is 0.184 e. The summed E-state index contributed by atoms with van der Waals surface area (Å²) >= 11 is 11.8. The van der Waals surface area contributed by atoms with Crippen molar-refractivity contribution in [2.24, 2.45) is 0 Å². The summed E-state index contributed by atoms with van der Waals surface area (Å²) in [5.41, 5.74) is 1.58. The van der Waals surface area contributed by atoms with Gasteiger partial charge in [-0.1, -0.05) is 47.5 Å². The molecule has 0 bridgehead atoms. The fraction of sp³-hybridized carbons (Fsp3) is 0.400. The molecule has 0 radical (unpaired) electrons. The van der Waals surface area contributed by atoms with Crippen LogP contribution < -0.4 is 0 Å². The second-order valence-electron chi connectivity index (χ2n) is 6.76. The minimum Gasteiger partial charge on any atom is -0.387 e. The van der Waals surface area contributed by atoms with E-state index in [1.807, 2.05) is 0 Å². The minimum absolute atomic E-state index is 0.152. The summed E-state index contributed by atoms with van der Waals surface area (Å²) in [5, 5.41) is 22.3. The summed E-state index contributed by atoms with van der Waals surface area (Å²) in [4.78, 5) is 0. The number of halogens is 2. The molecule has 2 unspecified atom stereocenters. The Balaban J connectivity index is 1.34. The third kappa shape index (κ3) is 4.35. The normalized spacial score (nSPS) is 29.7. The largest absolute Gasteiger partial charge is 0.387 e. The molecule has 0 aliphatic carbocycles. The van der Waals surface area contributed by atoms with Crippen molar-refractivity contribution in [2.75, 3.05) is 13.2 Å². The fourth-order valence-electron chi connectivity index (χ4n) is 3.23. The average Bonchev–Trinajstić information content (AvgIpc) is 3.38. The van der Waals surface area contributed by atoms with E-state index in [0.717, 1.165) is 11.1 Å². The van der Waals surface area contributed by atoms with Crippen LogP contribution in [0.5, 0.6) is 0 Å². The van der Waals surface area contributed by atoms with Crippen molar-refractivity contribution >= 4 is 23.2 Å². The van der Waals surface area contributed by atoms with Gasteiger partial charge in [0.2, 0.25) is 0 Å². The van der Waals surface area contributed by atoms with Crippen LogP contribution in [-0.4, -0.2) is 47.8 Å². The molecular formula is C20H20Cl2O6.